The number of halogens is 1. The SMILES string of the molecule is CCN(Cc1ccc(C)cc1Cl)C1CCC(N)CC1. The molecule has 1 aliphatic rings. The van der Waals surface area contributed by atoms with Gasteiger partial charge in [0.05, 0.1) is 0 Å². The van der Waals surface area contributed by atoms with Crippen molar-refractivity contribution < 1.29 is 0 Å². The summed E-state index contributed by atoms with van der Waals surface area (Å²) in [5.74, 6) is 0. The van der Waals surface area contributed by atoms with Gasteiger partial charge in [-0.3, -0.25) is 4.90 Å². The third-order valence-electron chi connectivity index (χ3n) is 4.25. The van der Waals surface area contributed by atoms with E-state index in [1.165, 1.54) is 24.0 Å². The number of benzene rings is 1. The number of hydrogen-bond acceptors (Lipinski definition) is 2. The zero-order chi connectivity index (χ0) is 13.8. The van der Waals surface area contributed by atoms with Crippen LogP contribution in [-0.2, 0) is 6.54 Å². The Labute approximate surface area is 121 Å². The normalized spacial score (nSPS) is 23.8. The van der Waals surface area contributed by atoms with Gasteiger partial charge in [0.25, 0.3) is 0 Å². The first kappa shape index (κ1) is 14.8. The molecule has 0 bridgehead atoms. The van der Waals surface area contributed by atoms with Crippen molar-refractivity contribution in [2.24, 2.45) is 5.73 Å². The van der Waals surface area contributed by atoms with Crippen LogP contribution in [0.2, 0.25) is 5.02 Å². The van der Waals surface area contributed by atoms with Gasteiger partial charge in [0, 0.05) is 23.7 Å². The van der Waals surface area contributed by atoms with Crippen LogP contribution in [0, 0.1) is 6.92 Å². The molecule has 0 heterocycles. The lowest BCUT2D eigenvalue weighted by Crippen LogP contribution is -2.40. The first-order chi connectivity index (χ1) is 9.10. The molecule has 0 aromatic heterocycles. The second kappa shape index (κ2) is 6.74. The van der Waals surface area contributed by atoms with Gasteiger partial charge in [-0.15, -0.1) is 0 Å². The van der Waals surface area contributed by atoms with Crippen molar-refractivity contribution in [3.05, 3.63) is 34.3 Å². The minimum Gasteiger partial charge on any atom is -0.328 e. The van der Waals surface area contributed by atoms with E-state index in [0.717, 1.165) is 31.0 Å². The average Bonchev–Trinajstić information content (AvgIpc) is 2.39. The third-order valence-corrected chi connectivity index (χ3v) is 4.60. The van der Waals surface area contributed by atoms with E-state index in [9.17, 15) is 0 Å². The van der Waals surface area contributed by atoms with Crippen LogP contribution in [0.3, 0.4) is 0 Å². The van der Waals surface area contributed by atoms with Gasteiger partial charge in [0.15, 0.2) is 0 Å². The molecule has 1 aromatic carbocycles. The highest BCUT2D eigenvalue weighted by molar-refractivity contribution is 6.31. The fraction of sp³-hybridized carbons (Fsp3) is 0.625. The topological polar surface area (TPSA) is 29.3 Å². The number of rotatable bonds is 4. The van der Waals surface area contributed by atoms with Crippen LogP contribution in [0.5, 0.6) is 0 Å². The van der Waals surface area contributed by atoms with E-state index in [-0.39, 0.29) is 0 Å². The Morgan fingerprint density at radius 3 is 2.53 bits per heavy atom. The Hall–Kier alpha value is -0.570. The minimum atomic E-state index is 0.415. The van der Waals surface area contributed by atoms with E-state index in [4.69, 9.17) is 17.3 Å². The molecular formula is C16H25ClN2. The van der Waals surface area contributed by atoms with Gasteiger partial charge >= 0.3 is 0 Å². The molecule has 1 fully saturated rings. The van der Waals surface area contributed by atoms with Crippen molar-refractivity contribution in [3.63, 3.8) is 0 Å². The monoisotopic (exact) mass is 280 g/mol. The third kappa shape index (κ3) is 3.95. The highest BCUT2D eigenvalue weighted by atomic mass is 35.5. The van der Waals surface area contributed by atoms with E-state index in [1.54, 1.807) is 0 Å². The maximum atomic E-state index is 6.35. The summed E-state index contributed by atoms with van der Waals surface area (Å²) in [7, 11) is 0. The molecule has 0 radical (unpaired) electrons. The molecule has 0 saturated heterocycles. The van der Waals surface area contributed by atoms with Crippen molar-refractivity contribution in [1.82, 2.24) is 4.90 Å². The fourth-order valence-electron chi connectivity index (χ4n) is 2.97. The van der Waals surface area contributed by atoms with Gasteiger partial charge in [0.1, 0.15) is 0 Å². The van der Waals surface area contributed by atoms with Crippen LogP contribution < -0.4 is 5.73 Å². The van der Waals surface area contributed by atoms with E-state index in [2.05, 4.69) is 36.9 Å². The predicted octanol–water partition coefficient (Wildman–Crippen LogP) is 3.74. The molecule has 2 rings (SSSR count). The van der Waals surface area contributed by atoms with Crippen molar-refractivity contribution in [2.75, 3.05) is 6.54 Å². The number of aryl methyl sites for hydroxylation is 1. The molecule has 0 aliphatic heterocycles. The summed E-state index contributed by atoms with van der Waals surface area (Å²) < 4.78 is 0. The molecule has 106 valence electrons. The molecule has 0 amide bonds. The van der Waals surface area contributed by atoms with E-state index < -0.39 is 0 Å². The van der Waals surface area contributed by atoms with Crippen LogP contribution >= 0.6 is 11.6 Å². The molecule has 1 saturated carbocycles. The number of nitrogens with two attached hydrogens (primary N) is 1. The number of hydrogen-bond donors (Lipinski definition) is 1. The second-order valence-corrected chi connectivity index (χ2v) is 6.13. The molecule has 2 N–H and O–H groups in total. The summed E-state index contributed by atoms with van der Waals surface area (Å²) in [4.78, 5) is 2.54. The van der Waals surface area contributed by atoms with Crippen LogP contribution in [0.1, 0.15) is 43.7 Å². The van der Waals surface area contributed by atoms with Crippen molar-refractivity contribution in [3.8, 4) is 0 Å². The van der Waals surface area contributed by atoms with E-state index >= 15 is 0 Å². The smallest absolute Gasteiger partial charge is 0.0453 e. The Morgan fingerprint density at radius 1 is 1.26 bits per heavy atom. The molecule has 0 atom stereocenters. The van der Waals surface area contributed by atoms with Gasteiger partial charge in [-0.25, -0.2) is 0 Å². The van der Waals surface area contributed by atoms with Gasteiger partial charge < -0.3 is 5.73 Å². The van der Waals surface area contributed by atoms with Gasteiger partial charge in [-0.1, -0.05) is 30.7 Å². The Kier molecular flexibility index (Phi) is 5.26. The quantitative estimate of drug-likeness (QED) is 0.910. The summed E-state index contributed by atoms with van der Waals surface area (Å²) in [6, 6.07) is 7.45. The van der Waals surface area contributed by atoms with Crippen molar-refractivity contribution in [2.45, 2.75) is 58.2 Å². The lowest BCUT2D eigenvalue weighted by atomic mass is 9.90. The summed E-state index contributed by atoms with van der Waals surface area (Å²) in [5.41, 5.74) is 8.45. The standard InChI is InChI=1S/C16H25ClN2/c1-3-19(15-8-6-14(18)7-9-15)11-13-5-4-12(2)10-16(13)17/h4-5,10,14-15H,3,6-9,11,18H2,1-2H3. The van der Waals surface area contributed by atoms with Crippen LogP contribution in [0.15, 0.2) is 18.2 Å². The maximum absolute atomic E-state index is 6.35. The van der Waals surface area contributed by atoms with Crippen LogP contribution in [0.25, 0.3) is 0 Å². The second-order valence-electron chi connectivity index (χ2n) is 5.73. The van der Waals surface area contributed by atoms with E-state index in [0.29, 0.717) is 12.1 Å². The predicted molar refractivity (Wildman–Crippen MR) is 82.5 cm³/mol. The molecule has 0 unspecified atom stereocenters. The van der Waals surface area contributed by atoms with Crippen LogP contribution in [0.4, 0.5) is 0 Å². The first-order valence-corrected chi connectivity index (χ1v) is 7.72. The fourth-order valence-corrected chi connectivity index (χ4v) is 3.26. The molecule has 1 aromatic rings. The highest BCUT2D eigenvalue weighted by Crippen LogP contribution is 2.26. The van der Waals surface area contributed by atoms with Crippen molar-refractivity contribution >= 4 is 11.6 Å². The summed E-state index contributed by atoms with van der Waals surface area (Å²) >= 11 is 6.35. The lowest BCUT2D eigenvalue weighted by Gasteiger charge is -2.35. The highest BCUT2D eigenvalue weighted by Gasteiger charge is 2.23. The largest absolute Gasteiger partial charge is 0.328 e. The Bertz CT molecular complexity index is 411. The zero-order valence-electron chi connectivity index (χ0n) is 12.0. The summed E-state index contributed by atoms with van der Waals surface area (Å²) in [5, 5.41) is 0.894. The Balaban J connectivity index is 2.02. The van der Waals surface area contributed by atoms with Gasteiger partial charge in [-0.05, 0) is 56.3 Å². The van der Waals surface area contributed by atoms with Crippen LogP contribution in [-0.4, -0.2) is 23.5 Å². The molecule has 1 aliphatic carbocycles. The maximum Gasteiger partial charge on any atom is 0.0453 e. The molecule has 0 spiro atoms. The zero-order valence-corrected chi connectivity index (χ0v) is 12.8. The van der Waals surface area contributed by atoms with Crippen molar-refractivity contribution in [1.29, 1.82) is 0 Å². The number of nitrogens with zero attached hydrogens (tertiary/aromatic N) is 1. The average molecular weight is 281 g/mol. The molecule has 2 nitrogen and oxygen atoms in total. The summed E-state index contributed by atoms with van der Waals surface area (Å²) in [6.45, 7) is 6.34. The molecule has 3 heteroatoms. The minimum absolute atomic E-state index is 0.415. The first-order valence-electron chi connectivity index (χ1n) is 7.34. The van der Waals surface area contributed by atoms with Gasteiger partial charge in [-0.2, -0.15) is 0 Å². The Morgan fingerprint density at radius 2 is 1.95 bits per heavy atom. The molecule has 19 heavy (non-hydrogen) atoms. The lowest BCUT2D eigenvalue weighted by molar-refractivity contribution is 0.149. The molecular weight excluding hydrogens is 256 g/mol. The van der Waals surface area contributed by atoms with E-state index in [1.807, 2.05) is 0 Å². The summed E-state index contributed by atoms with van der Waals surface area (Å²) in [6.07, 6.45) is 4.75. The van der Waals surface area contributed by atoms with Gasteiger partial charge in [0.2, 0.25) is 0 Å².